The normalized spacial score (nSPS) is 18.4. The Morgan fingerprint density at radius 2 is 2.10 bits per heavy atom. The summed E-state index contributed by atoms with van der Waals surface area (Å²) < 4.78 is 35.1. The zero-order valence-corrected chi connectivity index (χ0v) is 15.5. The van der Waals surface area contributed by atoms with Gasteiger partial charge < -0.3 is 14.4 Å². The highest BCUT2D eigenvalue weighted by atomic mass is 19.3. The summed E-state index contributed by atoms with van der Waals surface area (Å²) in [4.78, 5) is 13.3. The van der Waals surface area contributed by atoms with Crippen molar-refractivity contribution in [3.63, 3.8) is 0 Å². The second-order valence-corrected chi connectivity index (χ2v) is 6.74. The van der Waals surface area contributed by atoms with Crippen molar-refractivity contribution in [3.8, 4) is 6.07 Å². The third-order valence-electron chi connectivity index (χ3n) is 4.99. The number of fused-ring (bicyclic) bond motifs is 2. The van der Waals surface area contributed by atoms with Crippen LogP contribution in [0.5, 0.6) is 0 Å². The first-order valence-electron chi connectivity index (χ1n) is 8.75. The van der Waals surface area contributed by atoms with E-state index in [1.54, 1.807) is 35.9 Å². The molecule has 0 spiro atoms. The number of aliphatic hydroxyl groups is 1. The van der Waals surface area contributed by atoms with Gasteiger partial charge in [0.1, 0.15) is 11.8 Å². The average molecular weight is 395 g/mol. The van der Waals surface area contributed by atoms with E-state index < -0.39 is 18.1 Å². The Balaban J connectivity index is 1.89. The third-order valence-corrected chi connectivity index (χ3v) is 4.99. The number of aliphatic hydroxyl groups excluding tert-OH is 1. The molecule has 1 aliphatic heterocycles. The summed E-state index contributed by atoms with van der Waals surface area (Å²) in [5.41, 5.74) is 6.68. The SMILES string of the molecule is CC(O)C1=C2OC(F)(F)C(=O)N(Cc3c(C#N)c4ccccc4n3C)C2=C=C=C1. The lowest BCUT2D eigenvalue weighted by molar-refractivity contribution is -0.232. The summed E-state index contributed by atoms with van der Waals surface area (Å²) >= 11 is 0. The summed E-state index contributed by atoms with van der Waals surface area (Å²) in [5.74, 6) is -1.91. The third kappa shape index (κ3) is 2.77. The molecule has 29 heavy (non-hydrogen) atoms. The topological polar surface area (TPSA) is 78.5 Å². The highest BCUT2D eigenvalue weighted by Gasteiger charge is 2.53. The lowest BCUT2D eigenvalue weighted by atomic mass is 10.0. The maximum Gasteiger partial charge on any atom is 0.483 e. The van der Waals surface area contributed by atoms with Gasteiger partial charge in [0.2, 0.25) is 0 Å². The number of aryl methyl sites for hydroxylation is 1. The van der Waals surface area contributed by atoms with E-state index in [0.717, 1.165) is 10.4 Å². The minimum absolute atomic E-state index is 0.0616. The number of para-hydroxylation sites is 1. The molecule has 0 radical (unpaired) electrons. The van der Waals surface area contributed by atoms with Crippen LogP contribution in [0.2, 0.25) is 0 Å². The fourth-order valence-corrected chi connectivity index (χ4v) is 3.54. The molecule has 1 atom stereocenters. The van der Waals surface area contributed by atoms with Crippen LogP contribution in [0, 0.1) is 11.3 Å². The van der Waals surface area contributed by atoms with Crippen LogP contribution in [-0.2, 0) is 23.1 Å². The summed E-state index contributed by atoms with van der Waals surface area (Å²) in [6.07, 6.45) is -3.96. The van der Waals surface area contributed by atoms with E-state index in [-0.39, 0.29) is 23.6 Å². The predicted octanol–water partition coefficient (Wildman–Crippen LogP) is 2.84. The number of carbonyl (C=O) groups excluding carboxylic acids is 1. The molecule has 1 fully saturated rings. The first-order valence-corrected chi connectivity index (χ1v) is 8.75. The van der Waals surface area contributed by atoms with Crippen LogP contribution in [0.1, 0.15) is 18.2 Å². The highest BCUT2D eigenvalue weighted by Crippen LogP contribution is 2.39. The van der Waals surface area contributed by atoms with Gasteiger partial charge in [0.25, 0.3) is 0 Å². The molecule has 6 nitrogen and oxygen atoms in total. The van der Waals surface area contributed by atoms with Gasteiger partial charge in [-0.25, -0.2) is 0 Å². The number of carbonyl (C=O) groups is 1. The second kappa shape index (κ2) is 6.47. The largest absolute Gasteiger partial charge is 0.483 e. The van der Waals surface area contributed by atoms with Gasteiger partial charge in [0.05, 0.1) is 23.9 Å². The molecule has 8 heteroatoms. The summed E-state index contributed by atoms with van der Waals surface area (Å²) in [6.45, 7) is 1.09. The highest BCUT2D eigenvalue weighted by molar-refractivity contribution is 5.89. The van der Waals surface area contributed by atoms with Gasteiger partial charge >= 0.3 is 12.0 Å². The van der Waals surface area contributed by atoms with Crippen LogP contribution in [0.3, 0.4) is 0 Å². The average Bonchev–Trinajstić information content (AvgIpc) is 2.96. The van der Waals surface area contributed by atoms with E-state index in [1.807, 2.05) is 0 Å². The molecule has 1 saturated heterocycles. The minimum atomic E-state index is -4.12. The Labute approximate surface area is 164 Å². The Morgan fingerprint density at radius 1 is 1.38 bits per heavy atom. The quantitative estimate of drug-likeness (QED) is 0.811. The van der Waals surface area contributed by atoms with Crippen molar-refractivity contribution in [2.45, 2.75) is 25.7 Å². The Kier molecular flexibility index (Phi) is 4.18. The molecule has 1 unspecified atom stereocenters. The first kappa shape index (κ1) is 18.7. The van der Waals surface area contributed by atoms with E-state index in [0.29, 0.717) is 16.6 Å². The first-order chi connectivity index (χ1) is 13.8. The van der Waals surface area contributed by atoms with Gasteiger partial charge in [-0.15, -0.1) is 0 Å². The number of hydrogen-bond acceptors (Lipinski definition) is 4. The monoisotopic (exact) mass is 395 g/mol. The molecular formula is C21H15F2N3O3. The number of aromatic nitrogens is 1. The molecule has 1 amide bonds. The van der Waals surface area contributed by atoms with Gasteiger partial charge in [-0.3, -0.25) is 9.69 Å². The summed E-state index contributed by atoms with van der Waals surface area (Å²) in [5, 5.41) is 20.2. The van der Waals surface area contributed by atoms with Crippen molar-refractivity contribution in [1.82, 2.24) is 9.47 Å². The lowest BCUT2D eigenvalue weighted by Crippen LogP contribution is -2.50. The number of ether oxygens (including phenoxy) is 1. The summed E-state index contributed by atoms with van der Waals surface area (Å²) in [7, 11) is 1.70. The van der Waals surface area contributed by atoms with E-state index in [2.05, 4.69) is 22.3 Å². The van der Waals surface area contributed by atoms with E-state index >= 15 is 0 Å². The molecule has 1 N–H and O–H groups in total. The van der Waals surface area contributed by atoms with Crippen LogP contribution in [0.25, 0.3) is 10.9 Å². The maximum atomic E-state index is 14.4. The van der Waals surface area contributed by atoms with E-state index in [9.17, 15) is 23.9 Å². The van der Waals surface area contributed by atoms with Crippen molar-refractivity contribution >= 4 is 16.8 Å². The number of rotatable bonds is 3. The molecule has 1 aromatic heterocycles. The van der Waals surface area contributed by atoms with Crippen molar-refractivity contribution in [2.75, 3.05) is 0 Å². The molecule has 2 aromatic rings. The van der Waals surface area contributed by atoms with Crippen LogP contribution >= 0.6 is 0 Å². The predicted molar refractivity (Wildman–Crippen MR) is 98.0 cm³/mol. The molecule has 0 saturated carbocycles. The number of benzene rings is 1. The Hall–Kier alpha value is -3.62. The van der Waals surface area contributed by atoms with Gasteiger partial charge in [0.15, 0.2) is 5.76 Å². The minimum Gasteiger partial charge on any atom is -0.422 e. The number of halogens is 2. The fraction of sp³-hybridized carbons (Fsp3) is 0.238. The number of alkyl halides is 2. The molecule has 2 aliphatic rings. The second-order valence-electron chi connectivity index (χ2n) is 6.74. The molecule has 4 rings (SSSR count). The zero-order chi connectivity index (χ0) is 20.9. The van der Waals surface area contributed by atoms with Gasteiger partial charge in [0, 0.05) is 23.5 Å². The number of morpholine rings is 1. The van der Waals surface area contributed by atoms with E-state index in [1.165, 1.54) is 13.0 Å². The van der Waals surface area contributed by atoms with Crippen molar-refractivity contribution in [2.24, 2.45) is 7.05 Å². The molecule has 2 heterocycles. The van der Waals surface area contributed by atoms with Crippen LogP contribution in [-0.4, -0.2) is 32.7 Å². The number of nitriles is 1. The van der Waals surface area contributed by atoms with Crippen LogP contribution in [0.4, 0.5) is 8.78 Å². The smallest absolute Gasteiger partial charge is 0.422 e. The van der Waals surface area contributed by atoms with Crippen molar-refractivity contribution < 1.29 is 23.4 Å². The van der Waals surface area contributed by atoms with Crippen LogP contribution in [0.15, 0.2) is 58.8 Å². The Morgan fingerprint density at radius 3 is 2.79 bits per heavy atom. The Bertz CT molecular complexity index is 1230. The van der Waals surface area contributed by atoms with Gasteiger partial charge in [-0.1, -0.05) is 23.9 Å². The molecule has 1 aliphatic carbocycles. The zero-order valence-electron chi connectivity index (χ0n) is 15.5. The van der Waals surface area contributed by atoms with E-state index in [4.69, 9.17) is 0 Å². The van der Waals surface area contributed by atoms with Gasteiger partial charge in [-0.2, -0.15) is 14.0 Å². The molecule has 1 aromatic carbocycles. The molecule has 146 valence electrons. The number of hydrogen-bond donors (Lipinski definition) is 1. The number of amides is 1. The lowest BCUT2D eigenvalue weighted by Gasteiger charge is -2.36. The van der Waals surface area contributed by atoms with Crippen molar-refractivity contribution in [3.05, 3.63) is 70.1 Å². The van der Waals surface area contributed by atoms with Crippen LogP contribution < -0.4 is 0 Å². The van der Waals surface area contributed by atoms with Gasteiger partial charge in [-0.05, 0) is 24.8 Å². The van der Waals surface area contributed by atoms with Crippen molar-refractivity contribution in [1.29, 1.82) is 5.26 Å². The maximum absolute atomic E-state index is 14.4. The number of nitrogens with zero attached hydrogens (tertiary/aromatic N) is 3. The standard InChI is InChI=1S/C21H15F2N3O3/c1-12(27)13-7-5-9-17-19(13)29-21(22,23)20(28)26(17)11-18-15(10-24)14-6-3-4-8-16(14)25(18)2/h3-4,6-8,12,27H,11H2,1-2H3. The summed E-state index contributed by atoms with van der Waals surface area (Å²) in [6, 6.07) is 9.23. The molecule has 0 bridgehead atoms. The molecular weight excluding hydrogens is 380 g/mol. The fourth-order valence-electron chi connectivity index (χ4n) is 3.54.